The number of halogens is 2. The zero-order valence-electron chi connectivity index (χ0n) is 18.9. The summed E-state index contributed by atoms with van der Waals surface area (Å²) in [5, 5.41) is 0. The van der Waals surface area contributed by atoms with Crippen LogP contribution in [0.4, 0.5) is 0 Å². The molecule has 0 aromatic rings. The van der Waals surface area contributed by atoms with E-state index in [1.54, 1.807) is 0 Å². The zero-order valence-corrected chi connectivity index (χ0v) is 20.4. The predicted molar refractivity (Wildman–Crippen MR) is 138 cm³/mol. The zero-order chi connectivity index (χ0) is 21.7. The molecule has 0 N–H and O–H groups in total. The summed E-state index contributed by atoms with van der Waals surface area (Å²) in [5.74, 6) is 1.53. The van der Waals surface area contributed by atoms with Gasteiger partial charge in [-0.1, -0.05) is 93.2 Å². The van der Waals surface area contributed by atoms with Gasteiger partial charge in [0.1, 0.15) is 0 Å². The molecule has 2 heteroatoms. The van der Waals surface area contributed by atoms with Crippen LogP contribution in [-0.4, -0.2) is 11.8 Å². The number of rotatable bonds is 17. The van der Waals surface area contributed by atoms with Crippen molar-refractivity contribution in [2.75, 3.05) is 11.8 Å². The summed E-state index contributed by atoms with van der Waals surface area (Å²) in [6.07, 6.45) is 38.8. The van der Waals surface area contributed by atoms with Gasteiger partial charge in [-0.25, -0.2) is 0 Å². The third-order valence-corrected chi connectivity index (χ3v) is 4.34. The highest BCUT2D eigenvalue weighted by atomic mass is 35.5. The van der Waals surface area contributed by atoms with E-state index in [-0.39, 0.29) is 0 Å². The Balaban J connectivity index is 0. The quantitative estimate of drug-likeness (QED) is 0.0915. The van der Waals surface area contributed by atoms with Crippen molar-refractivity contribution in [2.24, 2.45) is 0 Å². The number of hydrogen-bond acceptors (Lipinski definition) is 0. The molecule has 0 spiro atoms. The van der Waals surface area contributed by atoms with Crippen molar-refractivity contribution in [3.63, 3.8) is 0 Å². The van der Waals surface area contributed by atoms with Crippen LogP contribution in [0.3, 0.4) is 0 Å². The van der Waals surface area contributed by atoms with Crippen LogP contribution in [0, 0.1) is 0 Å². The van der Waals surface area contributed by atoms with Gasteiger partial charge in [-0.05, 0) is 64.2 Å². The van der Waals surface area contributed by atoms with Gasteiger partial charge in [-0.3, -0.25) is 0 Å². The molecule has 0 aromatic carbocycles. The number of allylic oxidation sites excluding steroid dienone is 12. The van der Waals surface area contributed by atoms with Gasteiger partial charge in [0.2, 0.25) is 0 Å². The second-order valence-electron chi connectivity index (χ2n) is 6.64. The minimum absolute atomic E-state index is 0.728. The fraction of sp³-hybridized carbons (Fsp3) is 0.556. The number of hydrogen-bond donors (Lipinski definition) is 0. The van der Waals surface area contributed by atoms with Gasteiger partial charge in [0.15, 0.2) is 0 Å². The molecule has 29 heavy (non-hydrogen) atoms. The fourth-order valence-corrected chi connectivity index (χ4v) is 2.55. The number of alkyl halides is 2. The molecule has 0 unspecified atom stereocenters. The molecule has 0 aromatic heterocycles. The van der Waals surface area contributed by atoms with Gasteiger partial charge in [0.05, 0.1) is 0 Å². The van der Waals surface area contributed by atoms with Crippen molar-refractivity contribution in [3.8, 4) is 0 Å². The van der Waals surface area contributed by atoms with E-state index >= 15 is 0 Å². The molecule has 0 radical (unpaired) electrons. The van der Waals surface area contributed by atoms with Crippen molar-refractivity contribution in [1.29, 1.82) is 0 Å². The molecule has 0 nitrogen and oxygen atoms in total. The van der Waals surface area contributed by atoms with Gasteiger partial charge in [0.25, 0.3) is 0 Å². The Bertz CT molecular complexity index is 453. The molecule has 0 rings (SSSR count). The van der Waals surface area contributed by atoms with Gasteiger partial charge < -0.3 is 0 Å². The molecule has 0 aliphatic carbocycles. The van der Waals surface area contributed by atoms with E-state index in [9.17, 15) is 0 Å². The molecule has 0 heterocycles. The Hall–Kier alpha value is -0.980. The van der Waals surface area contributed by atoms with Crippen LogP contribution in [0.25, 0.3) is 0 Å². The Kier molecular flexibility index (Phi) is 33.0. The van der Waals surface area contributed by atoms with Crippen molar-refractivity contribution in [3.05, 3.63) is 72.9 Å². The SMILES string of the molecule is CC/C=C/C=C\CC/C=C\CCCCCCl.CC/C=C/C=C\CC/C=C\CCCl. The molecule has 166 valence electrons. The highest BCUT2D eigenvalue weighted by molar-refractivity contribution is 6.18. The molecule has 0 atom stereocenters. The molecule has 0 aliphatic heterocycles. The summed E-state index contributed by atoms with van der Waals surface area (Å²) >= 11 is 11.1. The molecular weight excluding hydrogens is 395 g/mol. The lowest BCUT2D eigenvalue weighted by Gasteiger charge is -1.93. The Labute approximate surface area is 192 Å². The summed E-state index contributed by atoms with van der Waals surface area (Å²) in [6, 6.07) is 0. The average molecular weight is 440 g/mol. The smallest absolute Gasteiger partial charge is 0.0257 e. The second-order valence-corrected chi connectivity index (χ2v) is 7.40. The first-order chi connectivity index (χ1) is 14.3. The van der Waals surface area contributed by atoms with E-state index in [0.717, 1.165) is 63.1 Å². The lowest BCUT2D eigenvalue weighted by Crippen LogP contribution is -1.76. The minimum atomic E-state index is 0.728. The van der Waals surface area contributed by atoms with Crippen molar-refractivity contribution < 1.29 is 0 Å². The van der Waals surface area contributed by atoms with Crippen LogP contribution in [-0.2, 0) is 0 Å². The molecular formula is C27H44Cl2. The van der Waals surface area contributed by atoms with Crippen LogP contribution in [0.5, 0.6) is 0 Å². The molecule has 0 aliphatic rings. The summed E-state index contributed by atoms with van der Waals surface area (Å²) in [6.45, 7) is 4.29. The molecule has 0 saturated carbocycles. The Morgan fingerprint density at radius 3 is 1.34 bits per heavy atom. The first-order valence-corrected chi connectivity index (χ1v) is 12.5. The van der Waals surface area contributed by atoms with E-state index in [2.05, 4.69) is 86.8 Å². The van der Waals surface area contributed by atoms with Crippen LogP contribution < -0.4 is 0 Å². The Morgan fingerprint density at radius 2 is 0.862 bits per heavy atom. The maximum Gasteiger partial charge on any atom is 0.0257 e. The summed E-state index contributed by atoms with van der Waals surface area (Å²) in [5.41, 5.74) is 0. The van der Waals surface area contributed by atoms with Crippen LogP contribution in [0.15, 0.2) is 72.9 Å². The normalized spacial score (nSPS) is 12.4. The van der Waals surface area contributed by atoms with Crippen LogP contribution in [0.1, 0.15) is 84.5 Å². The maximum atomic E-state index is 5.60. The lowest BCUT2D eigenvalue weighted by molar-refractivity contribution is 0.731. The summed E-state index contributed by atoms with van der Waals surface area (Å²) in [7, 11) is 0. The number of unbranched alkanes of at least 4 members (excludes halogenated alkanes) is 5. The first kappa shape index (κ1) is 30.2. The third kappa shape index (κ3) is 34.9. The van der Waals surface area contributed by atoms with Crippen LogP contribution >= 0.6 is 23.2 Å². The maximum absolute atomic E-state index is 5.60. The van der Waals surface area contributed by atoms with Gasteiger partial charge in [-0.2, -0.15) is 0 Å². The largest absolute Gasteiger partial charge is 0.127 e. The summed E-state index contributed by atoms with van der Waals surface area (Å²) < 4.78 is 0. The third-order valence-electron chi connectivity index (χ3n) is 3.85. The minimum Gasteiger partial charge on any atom is -0.127 e. The van der Waals surface area contributed by atoms with Crippen molar-refractivity contribution >= 4 is 23.2 Å². The fourth-order valence-electron chi connectivity index (χ4n) is 2.23. The Morgan fingerprint density at radius 1 is 0.414 bits per heavy atom. The van der Waals surface area contributed by atoms with Crippen molar-refractivity contribution in [1.82, 2.24) is 0 Å². The first-order valence-electron chi connectivity index (χ1n) is 11.4. The average Bonchev–Trinajstić information content (AvgIpc) is 2.74. The van der Waals surface area contributed by atoms with Crippen molar-refractivity contribution in [2.45, 2.75) is 84.5 Å². The molecule has 0 bridgehead atoms. The molecule has 0 fully saturated rings. The van der Waals surface area contributed by atoms with E-state index in [4.69, 9.17) is 23.2 Å². The van der Waals surface area contributed by atoms with Gasteiger partial charge >= 0.3 is 0 Å². The van der Waals surface area contributed by atoms with E-state index < -0.39 is 0 Å². The monoisotopic (exact) mass is 438 g/mol. The van der Waals surface area contributed by atoms with E-state index in [1.165, 1.54) is 19.3 Å². The predicted octanol–water partition coefficient (Wildman–Crippen LogP) is 10.1. The van der Waals surface area contributed by atoms with Crippen LogP contribution in [0.2, 0.25) is 0 Å². The van der Waals surface area contributed by atoms with E-state index in [0.29, 0.717) is 0 Å². The topological polar surface area (TPSA) is 0 Å². The standard InChI is InChI=1S/C15H25Cl.C12H19Cl/c1-2-3-4-5-6-7-8-9-10-11-12-13-14-15-16;1-2-3-4-5-6-7-8-9-10-11-12-13/h3-6,9-10H,2,7-8,11-15H2,1H3;3-6,9-10H,2,7-8,11-12H2,1H3/b2*4-3+,6-5-,10-9-. The highest BCUT2D eigenvalue weighted by Crippen LogP contribution is 2.03. The molecule has 0 saturated heterocycles. The lowest BCUT2D eigenvalue weighted by atomic mass is 10.2. The second kappa shape index (κ2) is 31.7. The van der Waals surface area contributed by atoms with E-state index in [1.807, 2.05) is 0 Å². The molecule has 0 amide bonds. The highest BCUT2D eigenvalue weighted by Gasteiger charge is 1.84. The summed E-state index contributed by atoms with van der Waals surface area (Å²) in [4.78, 5) is 0. The van der Waals surface area contributed by atoms with Gasteiger partial charge in [0, 0.05) is 11.8 Å². The van der Waals surface area contributed by atoms with Gasteiger partial charge in [-0.15, -0.1) is 23.2 Å².